The molecule has 0 unspecified atom stereocenters. The highest BCUT2D eigenvalue weighted by Crippen LogP contribution is 2.40. The van der Waals surface area contributed by atoms with Crippen molar-refractivity contribution in [2.75, 3.05) is 6.54 Å². The molecule has 2 N–H and O–H groups in total. The van der Waals surface area contributed by atoms with Gasteiger partial charge >= 0.3 is 6.18 Å². The lowest BCUT2D eigenvalue weighted by Gasteiger charge is -2.30. The topological polar surface area (TPSA) is 79.0 Å². The molecule has 4 aromatic carbocycles. The van der Waals surface area contributed by atoms with Gasteiger partial charge in [-0.1, -0.05) is 78.9 Å². The zero-order valence-electron chi connectivity index (χ0n) is 22.5. The van der Waals surface area contributed by atoms with Crippen molar-refractivity contribution in [1.82, 2.24) is 9.80 Å². The molecule has 0 aromatic heterocycles. The van der Waals surface area contributed by atoms with Gasteiger partial charge in [0.25, 0.3) is 11.8 Å². The van der Waals surface area contributed by atoms with Gasteiger partial charge in [0, 0.05) is 18.7 Å². The second kappa shape index (κ2) is 10.5. The molecule has 6 nitrogen and oxygen atoms in total. The maximum absolute atomic E-state index is 14.1. The van der Waals surface area contributed by atoms with E-state index in [1.807, 2.05) is 66.7 Å². The van der Waals surface area contributed by atoms with E-state index < -0.39 is 17.3 Å². The number of nitrogens with two attached hydrogens (primary N) is 1. The van der Waals surface area contributed by atoms with Gasteiger partial charge in [0.2, 0.25) is 0 Å². The summed E-state index contributed by atoms with van der Waals surface area (Å²) in [6.45, 7) is 0.634. The van der Waals surface area contributed by atoms with Crippen molar-refractivity contribution >= 4 is 17.8 Å². The van der Waals surface area contributed by atoms with Crippen LogP contribution >= 0.6 is 0 Å². The lowest BCUT2D eigenvalue weighted by atomic mass is 9.83. The Bertz CT molecular complexity index is 1650. The van der Waals surface area contributed by atoms with Crippen molar-refractivity contribution in [3.8, 4) is 0 Å². The van der Waals surface area contributed by atoms with Crippen molar-refractivity contribution < 1.29 is 22.8 Å². The number of aliphatic imine (C=N–C) groups is 1. The average molecular weight is 569 g/mol. The van der Waals surface area contributed by atoms with E-state index in [1.165, 1.54) is 17.0 Å². The maximum atomic E-state index is 14.1. The van der Waals surface area contributed by atoms with Crippen LogP contribution in [-0.4, -0.2) is 34.1 Å². The van der Waals surface area contributed by atoms with Crippen LogP contribution in [0, 0.1) is 0 Å². The van der Waals surface area contributed by atoms with Gasteiger partial charge in [0.1, 0.15) is 0 Å². The highest BCUT2D eigenvalue weighted by molar-refractivity contribution is 6.09. The number of hydrogen-bond acceptors (Lipinski definition) is 4. The minimum absolute atomic E-state index is 0.0790. The Morgan fingerprint density at radius 3 is 2.17 bits per heavy atom. The summed E-state index contributed by atoms with van der Waals surface area (Å²) in [5, 5.41) is 0. The average Bonchev–Trinajstić information content (AvgIpc) is 3.26. The first-order chi connectivity index (χ1) is 20.2. The molecule has 6 rings (SSSR count). The number of amides is 2. The van der Waals surface area contributed by atoms with Crippen LogP contribution in [-0.2, 0) is 36.0 Å². The Labute approximate surface area is 240 Å². The predicted octanol–water partition coefficient (Wildman–Crippen LogP) is 5.50. The number of carbonyl (C=O) groups is 2. The highest BCUT2D eigenvalue weighted by atomic mass is 19.4. The molecule has 2 heterocycles. The molecule has 2 aliphatic rings. The van der Waals surface area contributed by atoms with Crippen LogP contribution in [0.25, 0.3) is 0 Å². The number of nitrogens with zero attached hydrogens (tertiary/aromatic N) is 3. The highest BCUT2D eigenvalue weighted by Gasteiger charge is 2.50. The Morgan fingerprint density at radius 2 is 1.52 bits per heavy atom. The molecule has 0 atom stereocenters. The van der Waals surface area contributed by atoms with Crippen LogP contribution in [0.3, 0.4) is 0 Å². The molecule has 0 spiro atoms. The molecule has 42 heavy (non-hydrogen) atoms. The van der Waals surface area contributed by atoms with Crippen LogP contribution in [0.4, 0.5) is 13.2 Å². The van der Waals surface area contributed by atoms with Gasteiger partial charge < -0.3 is 10.6 Å². The fourth-order valence-corrected chi connectivity index (χ4v) is 5.70. The Balaban J connectivity index is 1.23. The van der Waals surface area contributed by atoms with Crippen LogP contribution in [0.5, 0.6) is 0 Å². The van der Waals surface area contributed by atoms with Crippen molar-refractivity contribution in [3.63, 3.8) is 0 Å². The van der Waals surface area contributed by atoms with Gasteiger partial charge in [0.15, 0.2) is 11.5 Å². The van der Waals surface area contributed by atoms with Crippen LogP contribution in [0.15, 0.2) is 108 Å². The maximum Gasteiger partial charge on any atom is 0.416 e. The molecule has 9 heteroatoms. The van der Waals surface area contributed by atoms with E-state index in [1.54, 1.807) is 23.1 Å². The zero-order valence-corrected chi connectivity index (χ0v) is 22.5. The fourth-order valence-electron chi connectivity index (χ4n) is 5.70. The summed E-state index contributed by atoms with van der Waals surface area (Å²) >= 11 is 0. The van der Waals surface area contributed by atoms with Crippen molar-refractivity contribution in [1.29, 1.82) is 0 Å². The fraction of sp³-hybridized carbons (Fsp3) is 0.182. The molecule has 0 saturated heterocycles. The van der Waals surface area contributed by atoms with Crippen LogP contribution < -0.4 is 5.73 Å². The molecule has 4 aromatic rings. The number of benzene rings is 4. The number of guanidine groups is 1. The summed E-state index contributed by atoms with van der Waals surface area (Å²) in [5.41, 5.74) is 8.17. The van der Waals surface area contributed by atoms with E-state index in [2.05, 4.69) is 0 Å². The first-order valence-corrected chi connectivity index (χ1v) is 13.5. The third-order valence-corrected chi connectivity index (χ3v) is 7.84. The van der Waals surface area contributed by atoms with Gasteiger partial charge in [-0.15, -0.1) is 0 Å². The zero-order chi connectivity index (χ0) is 29.5. The van der Waals surface area contributed by atoms with Crippen LogP contribution in [0.2, 0.25) is 0 Å². The second-order valence-electron chi connectivity index (χ2n) is 10.5. The van der Waals surface area contributed by atoms with E-state index in [0.29, 0.717) is 46.3 Å². The minimum atomic E-state index is -4.41. The third-order valence-electron chi connectivity index (χ3n) is 7.84. The Hall–Kier alpha value is -4.92. The van der Waals surface area contributed by atoms with E-state index >= 15 is 0 Å². The lowest BCUT2D eigenvalue weighted by Crippen LogP contribution is -2.43. The number of carbonyl (C=O) groups excluding carboxylic acids is 2. The van der Waals surface area contributed by atoms with Gasteiger partial charge in [0.05, 0.1) is 12.1 Å². The third kappa shape index (κ3) is 4.81. The van der Waals surface area contributed by atoms with Gasteiger partial charge in [-0.2, -0.15) is 13.2 Å². The van der Waals surface area contributed by atoms with Gasteiger partial charge in [-0.05, 0) is 58.5 Å². The quantitative estimate of drug-likeness (QED) is 0.345. The standard InChI is InChI=1S/C33H27F3N4O2/c34-33(35,36)28-15-14-25-21-39(17-16-23(25)19-28)29(41)24-9-7-8-22(18-24)20-40-30(42)32(38-31(40)37,26-10-3-1-4-11-26)27-12-5-2-6-13-27/h1-15,18-19H,16-17,20-21H2,(H2,37,38). The Morgan fingerprint density at radius 1 is 0.857 bits per heavy atom. The molecular weight excluding hydrogens is 541 g/mol. The van der Waals surface area contributed by atoms with E-state index in [4.69, 9.17) is 10.7 Å². The number of rotatable bonds is 5. The summed E-state index contributed by atoms with van der Waals surface area (Å²) in [5.74, 6) is -0.449. The van der Waals surface area contributed by atoms with Gasteiger partial charge in [-0.3, -0.25) is 14.5 Å². The monoisotopic (exact) mass is 568 g/mol. The summed E-state index contributed by atoms with van der Waals surface area (Å²) in [4.78, 5) is 35.3. The van der Waals surface area contributed by atoms with Crippen molar-refractivity contribution in [2.24, 2.45) is 10.7 Å². The largest absolute Gasteiger partial charge is 0.416 e. The normalized spacial score (nSPS) is 16.3. The summed E-state index contributed by atoms with van der Waals surface area (Å²) < 4.78 is 39.4. The molecule has 0 aliphatic carbocycles. The molecule has 0 bridgehead atoms. The lowest BCUT2D eigenvalue weighted by molar-refractivity contribution is -0.137. The smallest absolute Gasteiger partial charge is 0.369 e. The summed E-state index contributed by atoms with van der Waals surface area (Å²) in [6.07, 6.45) is -4.07. The minimum Gasteiger partial charge on any atom is -0.369 e. The van der Waals surface area contributed by atoms with Crippen molar-refractivity contribution in [2.45, 2.75) is 31.2 Å². The summed E-state index contributed by atoms with van der Waals surface area (Å²) in [7, 11) is 0. The van der Waals surface area contributed by atoms with E-state index in [0.717, 1.165) is 6.07 Å². The molecule has 0 saturated carbocycles. The number of alkyl halides is 3. The van der Waals surface area contributed by atoms with Crippen molar-refractivity contribution in [3.05, 3.63) is 142 Å². The molecule has 2 amide bonds. The van der Waals surface area contributed by atoms with E-state index in [-0.39, 0.29) is 30.9 Å². The number of halogens is 3. The first kappa shape index (κ1) is 27.3. The SMILES string of the molecule is NC1=NC(c2ccccc2)(c2ccccc2)C(=O)N1Cc1cccc(C(=O)N2CCc3cc(C(F)(F)F)ccc3C2)c1. The number of hydrogen-bond donors (Lipinski definition) is 1. The summed E-state index contributed by atoms with van der Waals surface area (Å²) in [6, 6.07) is 29.2. The predicted molar refractivity (Wildman–Crippen MR) is 152 cm³/mol. The molecule has 2 aliphatic heterocycles. The number of fused-ring (bicyclic) bond motifs is 1. The van der Waals surface area contributed by atoms with Crippen LogP contribution in [0.1, 0.15) is 43.7 Å². The Kier molecular flexibility index (Phi) is 6.80. The first-order valence-electron chi connectivity index (χ1n) is 13.5. The second-order valence-corrected chi connectivity index (χ2v) is 10.5. The molecule has 0 fully saturated rings. The van der Waals surface area contributed by atoms with Gasteiger partial charge in [-0.25, -0.2) is 4.99 Å². The molecule has 212 valence electrons. The van der Waals surface area contributed by atoms with E-state index in [9.17, 15) is 22.8 Å². The molecule has 0 radical (unpaired) electrons. The molecular formula is C33H27F3N4O2.